The SMILES string of the molecule is C[n+]1ccsc1N=Nc1ccc(NCCCCCNc2ccc(N=Nc3scc[n+]3C)cc2)cc1.[Br-].[Br-]. The fourth-order valence-electron chi connectivity index (χ4n) is 3.23. The van der Waals surface area contributed by atoms with E-state index in [1.165, 1.54) is 0 Å². The molecule has 12 heteroatoms. The lowest BCUT2D eigenvalue weighted by Gasteiger charge is -2.08. The van der Waals surface area contributed by atoms with Crippen molar-refractivity contribution in [3.63, 3.8) is 0 Å². The van der Waals surface area contributed by atoms with Crippen LogP contribution in [-0.4, -0.2) is 13.1 Å². The quantitative estimate of drug-likeness (QED) is 0.135. The highest BCUT2D eigenvalue weighted by atomic mass is 79.9. The molecule has 0 saturated heterocycles. The van der Waals surface area contributed by atoms with Gasteiger partial charge in [-0.15, -0.1) is 0 Å². The summed E-state index contributed by atoms with van der Waals surface area (Å²) in [5.41, 5.74) is 3.91. The predicted octanol–water partition coefficient (Wildman–Crippen LogP) is 0.992. The molecule has 0 radical (unpaired) electrons. The Labute approximate surface area is 246 Å². The van der Waals surface area contributed by atoms with Crippen LogP contribution in [0, 0.1) is 0 Å². The van der Waals surface area contributed by atoms with E-state index in [1.807, 2.05) is 94.9 Å². The third kappa shape index (κ3) is 10.0. The molecule has 2 N–H and O–H groups in total. The number of azo groups is 2. The summed E-state index contributed by atoms with van der Waals surface area (Å²) >= 11 is 3.14. The van der Waals surface area contributed by atoms with Crippen LogP contribution in [0.1, 0.15) is 19.3 Å². The van der Waals surface area contributed by atoms with Crippen molar-refractivity contribution >= 4 is 55.7 Å². The van der Waals surface area contributed by atoms with Crippen molar-refractivity contribution in [1.29, 1.82) is 0 Å². The van der Waals surface area contributed by atoms with Gasteiger partial charge in [-0.3, -0.25) is 0 Å². The van der Waals surface area contributed by atoms with Crippen LogP contribution in [0.4, 0.5) is 33.0 Å². The van der Waals surface area contributed by atoms with Gasteiger partial charge in [0.25, 0.3) is 0 Å². The zero-order chi connectivity index (χ0) is 24.3. The van der Waals surface area contributed by atoms with Gasteiger partial charge in [0.15, 0.2) is 0 Å². The molecule has 0 unspecified atom stereocenters. The highest BCUT2D eigenvalue weighted by Crippen LogP contribution is 2.22. The van der Waals surface area contributed by atoms with Crippen molar-refractivity contribution in [3.05, 3.63) is 71.7 Å². The molecule has 4 aromatic rings. The summed E-state index contributed by atoms with van der Waals surface area (Å²) in [6.07, 6.45) is 7.35. The molecule has 4 rings (SSSR count). The Kier molecular flexibility index (Phi) is 13.5. The fourth-order valence-corrected chi connectivity index (χ4v) is 4.59. The lowest BCUT2D eigenvalue weighted by atomic mass is 10.2. The van der Waals surface area contributed by atoms with Crippen molar-refractivity contribution in [2.75, 3.05) is 23.7 Å². The molecule has 0 amide bonds. The first-order valence-corrected chi connectivity index (χ1v) is 13.3. The summed E-state index contributed by atoms with van der Waals surface area (Å²) < 4.78 is 3.91. The number of thiazole rings is 2. The Morgan fingerprint density at radius 3 is 1.35 bits per heavy atom. The molecule has 0 atom stereocenters. The molecular formula is C25H30Br2N8S2. The van der Waals surface area contributed by atoms with E-state index in [9.17, 15) is 0 Å². The number of nitrogens with zero attached hydrogens (tertiary/aromatic N) is 6. The zero-order valence-electron chi connectivity index (χ0n) is 20.7. The van der Waals surface area contributed by atoms with E-state index in [2.05, 4.69) is 31.1 Å². The second-order valence-corrected chi connectivity index (χ2v) is 9.75. The molecule has 2 aromatic heterocycles. The molecule has 0 bridgehead atoms. The maximum atomic E-state index is 4.30. The number of anilines is 2. The van der Waals surface area contributed by atoms with Gasteiger partial charge in [0.05, 0.1) is 24.3 Å². The third-order valence-corrected chi connectivity index (χ3v) is 6.94. The van der Waals surface area contributed by atoms with Crippen LogP contribution in [0.2, 0.25) is 0 Å². The fraction of sp³-hybridized carbons (Fsp3) is 0.280. The van der Waals surface area contributed by atoms with Gasteiger partial charge in [-0.05, 0) is 101 Å². The molecular weight excluding hydrogens is 636 g/mol. The van der Waals surface area contributed by atoms with Gasteiger partial charge in [-0.25, -0.2) is 9.13 Å². The number of hydrogen-bond donors (Lipinski definition) is 2. The van der Waals surface area contributed by atoms with Gasteiger partial charge in [-0.2, -0.15) is 0 Å². The van der Waals surface area contributed by atoms with E-state index in [0.717, 1.165) is 65.4 Å². The van der Waals surface area contributed by atoms with Crippen LogP contribution in [0.15, 0.2) is 92.1 Å². The lowest BCUT2D eigenvalue weighted by molar-refractivity contribution is -0.654. The monoisotopic (exact) mass is 664 g/mol. The van der Waals surface area contributed by atoms with Crippen LogP contribution >= 0.6 is 22.7 Å². The molecule has 0 saturated carbocycles. The minimum Gasteiger partial charge on any atom is -1.00 e. The van der Waals surface area contributed by atoms with Crippen LogP contribution in [0.5, 0.6) is 0 Å². The molecule has 0 fully saturated rings. The molecule has 0 spiro atoms. The van der Waals surface area contributed by atoms with Crippen molar-refractivity contribution < 1.29 is 43.1 Å². The van der Waals surface area contributed by atoms with E-state index in [1.54, 1.807) is 22.7 Å². The summed E-state index contributed by atoms with van der Waals surface area (Å²) in [5, 5.41) is 29.9. The smallest absolute Gasteiger partial charge is 0.408 e. The zero-order valence-corrected chi connectivity index (χ0v) is 25.5. The summed E-state index contributed by atoms with van der Waals surface area (Å²) in [6, 6.07) is 16.1. The average Bonchev–Trinajstić information content (AvgIpc) is 3.49. The van der Waals surface area contributed by atoms with E-state index in [-0.39, 0.29) is 34.0 Å². The average molecular weight is 667 g/mol. The third-order valence-electron chi connectivity index (χ3n) is 5.27. The summed E-state index contributed by atoms with van der Waals surface area (Å²) in [6.45, 7) is 1.90. The number of aryl methyl sites for hydroxylation is 2. The first kappa shape index (κ1) is 30.7. The summed E-state index contributed by atoms with van der Waals surface area (Å²) in [7, 11) is 3.93. The van der Waals surface area contributed by atoms with Gasteiger partial charge < -0.3 is 44.6 Å². The maximum absolute atomic E-state index is 4.30. The van der Waals surface area contributed by atoms with Gasteiger partial charge in [0, 0.05) is 35.2 Å². The number of unbranched alkanes of at least 4 members (excludes halogenated alkanes) is 2. The summed E-state index contributed by atoms with van der Waals surface area (Å²) in [5.74, 6) is 0. The van der Waals surface area contributed by atoms with E-state index in [4.69, 9.17) is 0 Å². The molecule has 0 aliphatic heterocycles. The van der Waals surface area contributed by atoms with E-state index >= 15 is 0 Å². The van der Waals surface area contributed by atoms with Crippen molar-refractivity contribution in [3.8, 4) is 0 Å². The number of benzene rings is 2. The van der Waals surface area contributed by atoms with Crippen molar-refractivity contribution in [2.24, 2.45) is 34.6 Å². The van der Waals surface area contributed by atoms with Crippen molar-refractivity contribution in [1.82, 2.24) is 0 Å². The van der Waals surface area contributed by atoms with Gasteiger partial charge >= 0.3 is 10.3 Å². The van der Waals surface area contributed by atoms with E-state index in [0.29, 0.717) is 0 Å². The Hall–Kier alpha value is -2.54. The number of hydrogen-bond acceptors (Lipinski definition) is 8. The second-order valence-electron chi connectivity index (χ2n) is 8.00. The number of nitrogens with one attached hydrogen (secondary N) is 2. The van der Waals surface area contributed by atoms with Crippen LogP contribution in [0.3, 0.4) is 0 Å². The second kappa shape index (κ2) is 16.3. The minimum absolute atomic E-state index is 0. The molecule has 0 aliphatic carbocycles. The molecule has 2 heterocycles. The standard InChI is InChI=1S/C25H28N8S2.2BrH/c1-32-16-18-34-24(32)30-28-22-10-6-20(7-11-22)26-14-4-3-5-15-27-21-8-12-23(13-9-21)29-31-25-33(2)17-19-35-25;;/h6-13,16-19H,3-5,14-15H2,1-2H3;2*1H. The summed E-state index contributed by atoms with van der Waals surface area (Å²) in [4.78, 5) is 0. The molecule has 196 valence electrons. The Morgan fingerprint density at radius 1 is 0.595 bits per heavy atom. The van der Waals surface area contributed by atoms with Gasteiger partial charge in [-0.1, -0.05) is 0 Å². The Morgan fingerprint density at radius 2 is 1.00 bits per heavy atom. The number of halogens is 2. The van der Waals surface area contributed by atoms with Crippen LogP contribution < -0.4 is 53.7 Å². The minimum atomic E-state index is 0. The van der Waals surface area contributed by atoms with Gasteiger partial charge in [0.2, 0.25) is 0 Å². The highest BCUT2D eigenvalue weighted by molar-refractivity contribution is 7.13. The van der Waals surface area contributed by atoms with E-state index < -0.39 is 0 Å². The highest BCUT2D eigenvalue weighted by Gasteiger charge is 2.08. The van der Waals surface area contributed by atoms with Crippen LogP contribution in [-0.2, 0) is 14.1 Å². The first-order valence-electron chi connectivity index (χ1n) is 11.5. The molecule has 0 aliphatic rings. The Balaban J connectivity index is 0.00000241. The van der Waals surface area contributed by atoms with Gasteiger partial charge in [0.1, 0.15) is 23.8 Å². The lowest BCUT2D eigenvalue weighted by Crippen LogP contribution is -3.00. The molecule has 8 nitrogen and oxygen atoms in total. The first-order chi connectivity index (χ1) is 17.2. The van der Waals surface area contributed by atoms with Crippen LogP contribution in [0.25, 0.3) is 0 Å². The Bertz CT molecular complexity index is 1160. The molecule has 2 aromatic carbocycles. The molecule has 37 heavy (non-hydrogen) atoms. The normalized spacial score (nSPS) is 10.9. The predicted molar refractivity (Wildman–Crippen MR) is 143 cm³/mol. The number of rotatable bonds is 12. The number of aromatic nitrogens is 2. The van der Waals surface area contributed by atoms with Crippen molar-refractivity contribution in [2.45, 2.75) is 19.3 Å². The topological polar surface area (TPSA) is 81.3 Å². The largest absolute Gasteiger partial charge is 1.00 e. The maximum Gasteiger partial charge on any atom is 0.408 e.